The van der Waals surface area contributed by atoms with Crippen molar-refractivity contribution >= 4 is 39.1 Å². The third-order valence-corrected chi connectivity index (χ3v) is 3.18. The number of aryl methyl sites for hydroxylation is 1. The molecule has 0 radical (unpaired) electrons. The molecule has 0 spiro atoms. The van der Waals surface area contributed by atoms with Crippen LogP contribution in [0.2, 0.25) is 5.02 Å². The summed E-state index contributed by atoms with van der Waals surface area (Å²) in [5.41, 5.74) is 0.504. The molecule has 1 aromatic heterocycles. The Hall–Kier alpha value is -1.53. The van der Waals surface area contributed by atoms with Gasteiger partial charge in [-0.3, -0.25) is 4.79 Å². The van der Waals surface area contributed by atoms with E-state index in [2.05, 4.69) is 31.2 Å². The van der Waals surface area contributed by atoms with Crippen LogP contribution in [0, 0.1) is 12.7 Å². The Morgan fingerprint density at radius 2 is 2.21 bits per heavy atom. The molecule has 0 unspecified atom stereocenters. The van der Waals surface area contributed by atoms with Crippen molar-refractivity contribution in [2.24, 2.45) is 0 Å². The first-order valence-electron chi connectivity index (χ1n) is 5.23. The second-order valence-corrected chi connectivity index (χ2v) is 4.95. The molecular formula is C12H8BrClFN3O. The fourth-order valence-electron chi connectivity index (χ4n) is 1.42. The number of hydrogen-bond acceptors (Lipinski definition) is 3. The molecule has 0 bridgehead atoms. The van der Waals surface area contributed by atoms with Gasteiger partial charge in [-0.25, -0.2) is 14.4 Å². The lowest BCUT2D eigenvalue weighted by Gasteiger charge is -2.09. The predicted octanol–water partition coefficient (Wildman–Crippen LogP) is 3.59. The summed E-state index contributed by atoms with van der Waals surface area (Å²) in [5, 5.41) is 2.68. The van der Waals surface area contributed by atoms with E-state index in [0.717, 1.165) is 6.07 Å². The summed E-state index contributed by atoms with van der Waals surface area (Å²) in [6.07, 6.45) is 1.48. The summed E-state index contributed by atoms with van der Waals surface area (Å²) in [6, 6.07) is 3.81. The second-order valence-electron chi connectivity index (χ2n) is 3.69. The van der Waals surface area contributed by atoms with Crippen LogP contribution in [0.4, 0.5) is 10.1 Å². The number of aromatic nitrogens is 2. The van der Waals surface area contributed by atoms with Crippen LogP contribution in [0.1, 0.15) is 16.3 Å². The fraction of sp³-hybridized carbons (Fsp3) is 0.0833. The molecule has 98 valence electrons. The molecule has 1 N–H and O–H groups in total. The molecule has 0 aliphatic carbocycles. The Bertz CT molecular complexity index is 628. The molecule has 0 aliphatic rings. The van der Waals surface area contributed by atoms with E-state index < -0.39 is 11.7 Å². The number of halogens is 3. The van der Waals surface area contributed by atoms with Gasteiger partial charge in [0.05, 0.1) is 10.7 Å². The van der Waals surface area contributed by atoms with Crippen LogP contribution >= 0.6 is 27.5 Å². The number of carbonyl (C=O) groups is 1. The smallest absolute Gasteiger partial charge is 0.274 e. The van der Waals surface area contributed by atoms with Crippen LogP contribution in [0.3, 0.4) is 0 Å². The highest BCUT2D eigenvalue weighted by molar-refractivity contribution is 9.10. The Labute approximate surface area is 122 Å². The van der Waals surface area contributed by atoms with Crippen molar-refractivity contribution in [2.75, 3.05) is 5.32 Å². The SMILES string of the molecule is Cc1nccc(C(=O)Nc2c(Cl)cc(F)cc2Br)n1. The van der Waals surface area contributed by atoms with Gasteiger partial charge in [-0.15, -0.1) is 0 Å². The van der Waals surface area contributed by atoms with Crippen molar-refractivity contribution in [3.05, 3.63) is 51.2 Å². The van der Waals surface area contributed by atoms with E-state index in [1.807, 2.05) is 0 Å². The van der Waals surface area contributed by atoms with Crippen LogP contribution in [0.15, 0.2) is 28.9 Å². The highest BCUT2D eigenvalue weighted by atomic mass is 79.9. The third kappa shape index (κ3) is 3.27. The van der Waals surface area contributed by atoms with E-state index in [4.69, 9.17) is 11.6 Å². The zero-order valence-electron chi connectivity index (χ0n) is 9.75. The fourth-order valence-corrected chi connectivity index (χ4v) is 2.32. The normalized spacial score (nSPS) is 10.3. The van der Waals surface area contributed by atoms with E-state index in [-0.39, 0.29) is 10.7 Å². The van der Waals surface area contributed by atoms with Crippen LogP contribution in [0.5, 0.6) is 0 Å². The number of nitrogens with zero attached hydrogens (tertiary/aromatic N) is 2. The lowest BCUT2D eigenvalue weighted by Crippen LogP contribution is -2.15. The molecule has 0 aliphatic heterocycles. The summed E-state index contributed by atoms with van der Waals surface area (Å²) in [6.45, 7) is 1.68. The molecule has 0 saturated heterocycles. The number of amides is 1. The molecular weight excluding hydrogens is 337 g/mol. The van der Waals surface area contributed by atoms with E-state index >= 15 is 0 Å². The van der Waals surface area contributed by atoms with Crippen molar-refractivity contribution in [3.63, 3.8) is 0 Å². The summed E-state index contributed by atoms with van der Waals surface area (Å²) in [7, 11) is 0. The van der Waals surface area contributed by atoms with Gasteiger partial charge in [0.2, 0.25) is 0 Å². The maximum atomic E-state index is 13.1. The Balaban J connectivity index is 2.29. The van der Waals surface area contributed by atoms with Gasteiger partial charge in [0, 0.05) is 10.7 Å². The summed E-state index contributed by atoms with van der Waals surface area (Å²) in [4.78, 5) is 19.9. The number of nitrogens with one attached hydrogen (secondary N) is 1. The molecule has 0 atom stereocenters. The summed E-state index contributed by atoms with van der Waals surface area (Å²) >= 11 is 9.02. The minimum atomic E-state index is -0.493. The quantitative estimate of drug-likeness (QED) is 0.906. The molecule has 1 heterocycles. The number of hydrogen-bond donors (Lipinski definition) is 1. The Morgan fingerprint density at radius 1 is 1.47 bits per heavy atom. The molecule has 4 nitrogen and oxygen atoms in total. The third-order valence-electron chi connectivity index (χ3n) is 2.25. The number of benzene rings is 1. The first kappa shape index (κ1) is 13.9. The zero-order chi connectivity index (χ0) is 14.0. The topological polar surface area (TPSA) is 54.9 Å². The number of anilines is 1. The maximum absolute atomic E-state index is 13.1. The molecule has 1 aromatic carbocycles. The summed E-state index contributed by atoms with van der Waals surface area (Å²) in [5.74, 6) is -0.454. The van der Waals surface area contributed by atoms with Crippen molar-refractivity contribution in [1.82, 2.24) is 9.97 Å². The van der Waals surface area contributed by atoms with Crippen LogP contribution in [0.25, 0.3) is 0 Å². The van der Waals surface area contributed by atoms with Gasteiger partial charge in [-0.1, -0.05) is 11.6 Å². The first-order chi connectivity index (χ1) is 8.97. The minimum absolute atomic E-state index is 0.103. The Morgan fingerprint density at radius 3 is 2.84 bits per heavy atom. The number of carbonyl (C=O) groups excluding carboxylic acids is 1. The largest absolute Gasteiger partial charge is 0.318 e. The van der Waals surface area contributed by atoms with Gasteiger partial charge in [0.25, 0.3) is 5.91 Å². The van der Waals surface area contributed by atoms with Gasteiger partial charge in [0.15, 0.2) is 0 Å². The lowest BCUT2D eigenvalue weighted by molar-refractivity contribution is 0.102. The van der Waals surface area contributed by atoms with Crippen LogP contribution < -0.4 is 5.32 Å². The van der Waals surface area contributed by atoms with E-state index in [1.54, 1.807) is 6.92 Å². The predicted molar refractivity (Wildman–Crippen MR) is 73.8 cm³/mol. The van der Waals surface area contributed by atoms with E-state index in [0.29, 0.717) is 16.0 Å². The van der Waals surface area contributed by atoms with Crippen LogP contribution in [-0.2, 0) is 0 Å². The summed E-state index contributed by atoms with van der Waals surface area (Å²) < 4.78 is 13.4. The van der Waals surface area contributed by atoms with Gasteiger partial charge in [0.1, 0.15) is 17.3 Å². The van der Waals surface area contributed by atoms with E-state index in [9.17, 15) is 9.18 Å². The standard InChI is InChI=1S/C12H8BrClFN3O/c1-6-16-3-2-10(17-6)12(19)18-11-8(13)4-7(15)5-9(11)14/h2-5H,1H3,(H,18,19). The Kier molecular flexibility index (Phi) is 4.11. The molecule has 2 aromatic rings. The average molecular weight is 345 g/mol. The molecule has 2 rings (SSSR count). The highest BCUT2D eigenvalue weighted by Gasteiger charge is 2.14. The van der Waals surface area contributed by atoms with Gasteiger partial charge < -0.3 is 5.32 Å². The zero-order valence-corrected chi connectivity index (χ0v) is 12.1. The van der Waals surface area contributed by atoms with Gasteiger partial charge in [-0.2, -0.15) is 0 Å². The first-order valence-corrected chi connectivity index (χ1v) is 6.40. The monoisotopic (exact) mass is 343 g/mol. The van der Waals surface area contributed by atoms with Gasteiger partial charge >= 0.3 is 0 Å². The van der Waals surface area contributed by atoms with Crippen molar-refractivity contribution in [3.8, 4) is 0 Å². The molecule has 0 fully saturated rings. The van der Waals surface area contributed by atoms with Crippen molar-refractivity contribution in [1.29, 1.82) is 0 Å². The molecule has 19 heavy (non-hydrogen) atoms. The number of rotatable bonds is 2. The van der Waals surface area contributed by atoms with Crippen molar-refractivity contribution < 1.29 is 9.18 Å². The second kappa shape index (κ2) is 5.63. The van der Waals surface area contributed by atoms with Crippen LogP contribution in [-0.4, -0.2) is 15.9 Å². The van der Waals surface area contributed by atoms with E-state index in [1.165, 1.54) is 18.3 Å². The molecule has 7 heteroatoms. The highest BCUT2D eigenvalue weighted by Crippen LogP contribution is 2.31. The average Bonchev–Trinajstić information content (AvgIpc) is 2.33. The lowest BCUT2D eigenvalue weighted by atomic mass is 10.3. The minimum Gasteiger partial charge on any atom is -0.318 e. The maximum Gasteiger partial charge on any atom is 0.274 e. The van der Waals surface area contributed by atoms with Gasteiger partial charge in [-0.05, 0) is 41.1 Å². The molecule has 1 amide bonds. The van der Waals surface area contributed by atoms with Crippen molar-refractivity contribution in [2.45, 2.75) is 6.92 Å². The molecule has 0 saturated carbocycles.